The van der Waals surface area contributed by atoms with Crippen molar-refractivity contribution in [2.24, 2.45) is 0 Å². The van der Waals surface area contributed by atoms with E-state index in [1.165, 1.54) is 6.33 Å². The van der Waals surface area contributed by atoms with Gasteiger partial charge in [0.15, 0.2) is 6.33 Å². The van der Waals surface area contributed by atoms with Gasteiger partial charge in [0.2, 0.25) is 0 Å². The van der Waals surface area contributed by atoms with Gasteiger partial charge in [0, 0.05) is 0 Å². The Morgan fingerprint density at radius 2 is 1.21 bits per heavy atom. The van der Waals surface area contributed by atoms with E-state index in [0.717, 1.165) is 0 Å². The van der Waals surface area contributed by atoms with Crippen LogP contribution in [0.25, 0.3) is 0 Å². The van der Waals surface area contributed by atoms with Crippen LogP contribution in [0.15, 0.2) is 6.07 Å². The van der Waals surface area contributed by atoms with Crippen LogP contribution in [0, 0.1) is 6.33 Å². The average Bonchev–Trinajstić information content (AvgIpc) is 2.01. The van der Waals surface area contributed by atoms with Crippen LogP contribution in [-0.4, -0.2) is 9.97 Å². The number of aromatic nitrogens is 2. The minimum Gasteiger partial charge on any atom is -0.221 e. The Balaban J connectivity index is 3.15. The van der Waals surface area contributed by atoms with Crippen molar-refractivity contribution in [3.63, 3.8) is 0 Å². The molecule has 0 fully saturated rings. The molecule has 0 aromatic carbocycles. The second-order valence-electron chi connectivity index (χ2n) is 2.23. The van der Waals surface area contributed by atoms with Gasteiger partial charge in [-0.1, -0.05) is 0 Å². The number of alkyl halides is 6. The number of hydrogen-bond donors (Lipinski definition) is 0. The molecule has 0 saturated heterocycles. The SMILES string of the molecule is FC(F)(F)c1cc(C(F)(F)F)n[c]n1. The first-order valence-corrected chi connectivity index (χ1v) is 3.11. The molecule has 0 aliphatic heterocycles. The molecule has 2 nitrogen and oxygen atoms in total. The molecule has 14 heavy (non-hydrogen) atoms. The zero-order chi connectivity index (χ0) is 11.0. The first-order valence-electron chi connectivity index (χ1n) is 3.11. The van der Waals surface area contributed by atoms with Crippen LogP contribution in [0.3, 0.4) is 0 Å². The van der Waals surface area contributed by atoms with Crippen molar-refractivity contribution in [3.05, 3.63) is 23.8 Å². The molecule has 0 aliphatic carbocycles. The number of hydrogen-bond acceptors (Lipinski definition) is 2. The summed E-state index contributed by atoms with van der Waals surface area (Å²) in [6.07, 6.45) is -8.56. The predicted molar refractivity (Wildman–Crippen MR) is 30.9 cm³/mol. The molecule has 0 unspecified atom stereocenters. The van der Waals surface area contributed by atoms with Gasteiger partial charge in [-0.3, -0.25) is 0 Å². The van der Waals surface area contributed by atoms with Crippen LogP contribution < -0.4 is 0 Å². The Labute approximate surface area is 73.6 Å². The molecule has 0 bridgehead atoms. The summed E-state index contributed by atoms with van der Waals surface area (Å²) in [5.41, 5.74) is -3.33. The lowest BCUT2D eigenvalue weighted by atomic mass is 10.3. The topological polar surface area (TPSA) is 25.8 Å². The predicted octanol–water partition coefficient (Wildman–Crippen LogP) is 2.31. The molecule has 0 N–H and O–H groups in total. The van der Waals surface area contributed by atoms with Crippen LogP contribution in [0.5, 0.6) is 0 Å². The number of halogens is 6. The first kappa shape index (κ1) is 10.7. The highest BCUT2D eigenvalue weighted by Gasteiger charge is 2.38. The van der Waals surface area contributed by atoms with Crippen molar-refractivity contribution >= 4 is 0 Å². The lowest BCUT2D eigenvalue weighted by Gasteiger charge is -2.08. The lowest BCUT2D eigenvalue weighted by Crippen LogP contribution is -2.14. The molecule has 1 aromatic rings. The van der Waals surface area contributed by atoms with Gasteiger partial charge in [0.25, 0.3) is 0 Å². The summed E-state index contributed by atoms with van der Waals surface area (Å²) in [5, 5.41) is 0. The Hall–Kier alpha value is -1.34. The van der Waals surface area contributed by atoms with Gasteiger partial charge in [-0.15, -0.1) is 0 Å². The van der Waals surface area contributed by atoms with Crippen LogP contribution in [0.2, 0.25) is 0 Å². The molecule has 1 radical (unpaired) electrons. The molecule has 0 atom stereocenters. The second-order valence-corrected chi connectivity index (χ2v) is 2.23. The van der Waals surface area contributed by atoms with Gasteiger partial charge in [0.1, 0.15) is 11.4 Å². The van der Waals surface area contributed by atoms with E-state index in [-0.39, 0.29) is 6.07 Å². The van der Waals surface area contributed by atoms with Crippen LogP contribution in [0.4, 0.5) is 26.3 Å². The van der Waals surface area contributed by atoms with Crippen molar-refractivity contribution in [3.8, 4) is 0 Å². The first-order chi connectivity index (χ1) is 6.21. The Morgan fingerprint density at radius 1 is 0.857 bits per heavy atom. The zero-order valence-corrected chi connectivity index (χ0v) is 6.24. The molecular formula is C6HF6N2. The monoisotopic (exact) mass is 215 g/mol. The molecule has 0 spiro atoms. The Kier molecular flexibility index (Phi) is 2.38. The smallest absolute Gasteiger partial charge is 0.221 e. The molecule has 0 aliphatic rings. The number of nitrogens with zero attached hydrogens (tertiary/aromatic N) is 2. The van der Waals surface area contributed by atoms with Gasteiger partial charge in [-0.2, -0.15) is 26.3 Å². The van der Waals surface area contributed by atoms with Crippen LogP contribution in [-0.2, 0) is 12.4 Å². The third-order valence-electron chi connectivity index (χ3n) is 1.20. The van der Waals surface area contributed by atoms with Crippen molar-refractivity contribution < 1.29 is 26.3 Å². The number of rotatable bonds is 0. The summed E-state index contributed by atoms with van der Waals surface area (Å²) in [6, 6.07) is -0.170. The maximum absolute atomic E-state index is 11.9. The Bertz CT molecular complexity index is 299. The van der Waals surface area contributed by atoms with E-state index in [2.05, 4.69) is 9.97 Å². The molecule has 1 rings (SSSR count). The van der Waals surface area contributed by atoms with Crippen molar-refractivity contribution in [2.45, 2.75) is 12.4 Å². The standard InChI is InChI=1S/C6HF6N2/c7-5(8,9)3-1-4(6(10,11)12)14-2-13-3/h1H. The fourth-order valence-corrected chi connectivity index (χ4v) is 0.617. The quantitative estimate of drug-likeness (QED) is 0.620. The van der Waals surface area contributed by atoms with Gasteiger partial charge >= 0.3 is 12.4 Å². The third kappa shape index (κ3) is 2.33. The largest absolute Gasteiger partial charge is 0.433 e. The maximum atomic E-state index is 11.9. The highest BCUT2D eigenvalue weighted by molar-refractivity contribution is 5.13. The normalized spacial score (nSPS) is 13.0. The summed E-state index contributed by atoms with van der Waals surface area (Å²) in [4.78, 5) is 5.13. The molecule has 1 heterocycles. The van der Waals surface area contributed by atoms with Gasteiger partial charge in [-0.05, 0) is 6.07 Å². The fraction of sp³-hybridized carbons (Fsp3) is 0.333. The maximum Gasteiger partial charge on any atom is 0.433 e. The van der Waals surface area contributed by atoms with E-state index in [1.807, 2.05) is 0 Å². The molecular weight excluding hydrogens is 214 g/mol. The second kappa shape index (κ2) is 3.10. The minimum atomic E-state index is -4.93. The molecule has 1 aromatic heterocycles. The average molecular weight is 215 g/mol. The van der Waals surface area contributed by atoms with Crippen molar-refractivity contribution in [1.82, 2.24) is 9.97 Å². The van der Waals surface area contributed by atoms with Gasteiger partial charge < -0.3 is 0 Å². The van der Waals surface area contributed by atoms with E-state index in [4.69, 9.17) is 0 Å². The van der Waals surface area contributed by atoms with E-state index in [1.54, 1.807) is 0 Å². The summed E-state index contributed by atoms with van der Waals surface area (Å²) in [6.45, 7) is 0. The fourth-order valence-electron chi connectivity index (χ4n) is 0.617. The lowest BCUT2D eigenvalue weighted by molar-refractivity contribution is -0.147. The third-order valence-corrected chi connectivity index (χ3v) is 1.20. The summed E-state index contributed by atoms with van der Waals surface area (Å²) in [5.74, 6) is 0. The summed E-state index contributed by atoms with van der Waals surface area (Å²) < 4.78 is 71.3. The van der Waals surface area contributed by atoms with Gasteiger partial charge in [0.05, 0.1) is 0 Å². The summed E-state index contributed by atoms with van der Waals surface area (Å²) >= 11 is 0. The van der Waals surface area contributed by atoms with E-state index >= 15 is 0 Å². The minimum absolute atomic E-state index is 0.170. The zero-order valence-electron chi connectivity index (χ0n) is 6.24. The molecule has 8 heteroatoms. The van der Waals surface area contributed by atoms with Crippen LogP contribution >= 0.6 is 0 Å². The molecule has 0 saturated carbocycles. The van der Waals surface area contributed by atoms with Crippen LogP contribution in [0.1, 0.15) is 11.4 Å². The van der Waals surface area contributed by atoms with E-state index in [9.17, 15) is 26.3 Å². The van der Waals surface area contributed by atoms with E-state index in [0.29, 0.717) is 0 Å². The highest BCUT2D eigenvalue weighted by atomic mass is 19.4. The molecule has 77 valence electrons. The Morgan fingerprint density at radius 3 is 1.50 bits per heavy atom. The molecule has 0 amide bonds. The highest BCUT2D eigenvalue weighted by Crippen LogP contribution is 2.32. The van der Waals surface area contributed by atoms with E-state index < -0.39 is 23.7 Å². The van der Waals surface area contributed by atoms with Crippen molar-refractivity contribution in [2.75, 3.05) is 0 Å². The van der Waals surface area contributed by atoms with Gasteiger partial charge in [-0.25, -0.2) is 9.97 Å². The summed E-state index contributed by atoms with van der Waals surface area (Å²) in [7, 11) is 0. The van der Waals surface area contributed by atoms with Crippen molar-refractivity contribution in [1.29, 1.82) is 0 Å².